The molecule has 8 heteroatoms. The van der Waals surface area contributed by atoms with E-state index in [0.717, 1.165) is 44.1 Å². The molecule has 2 N–H and O–H groups in total. The quantitative estimate of drug-likeness (QED) is 0.352. The van der Waals surface area contributed by atoms with Crippen LogP contribution in [0, 0.1) is 0 Å². The fourth-order valence-electron chi connectivity index (χ4n) is 6.54. The minimum atomic E-state index is -1.13. The Kier molecular flexibility index (Phi) is 6.89. The first-order chi connectivity index (χ1) is 19.6. The first kappa shape index (κ1) is 30.1. The summed E-state index contributed by atoms with van der Waals surface area (Å²) in [4.78, 5) is 26.8. The highest BCUT2D eigenvalue weighted by molar-refractivity contribution is 6.01. The normalized spacial score (nSPS) is 17.3. The molecule has 0 saturated carbocycles. The second-order valence-corrected chi connectivity index (χ2v) is 12.7. The third kappa shape index (κ3) is 4.54. The zero-order valence-corrected chi connectivity index (χ0v) is 26.3. The van der Waals surface area contributed by atoms with Crippen molar-refractivity contribution in [2.75, 3.05) is 19.0 Å². The minimum Gasteiger partial charge on any atom is -1.00 e. The Morgan fingerprint density at radius 3 is 2.14 bits per heavy atom. The SMILES string of the molecule is CC1=CC(C)(C)N(C)c2cc3c(cc21)C(c1cc(C(=O)O)ccc1C(=O)O)=c1cc2c(cc1O3)=[N+](C)C(C)(C)C=C2C.[Cl-]. The average Bonchev–Trinajstić information content (AvgIpc) is 2.91. The number of benzene rings is 3. The van der Waals surface area contributed by atoms with Crippen molar-refractivity contribution < 1.29 is 36.9 Å². The second-order valence-electron chi connectivity index (χ2n) is 12.7. The largest absolute Gasteiger partial charge is 1.00 e. The molecule has 0 bridgehead atoms. The Hall–Kier alpha value is -4.36. The van der Waals surface area contributed by atoms with Gasteiger partial charge in [0.25, 0.3) is 0 Å². The molecule has 0 atom stereocenters. The molecule has 0 unspecified atom stereocenters. The number of fused-ring (bicyclic) bond motifs is 4. The van der Waals surface area contributed by atoms with Crippen LogP contribution in [0.15, 0.2) is 54.6 Å². The van der Waals surface area contributed by atoms with E-state index in [1.54, 1.807) is 0 Å². The zero-order valence-electron chi connectivity index (χ0n) is 25.6. The van der Waals surface area contributed by atoms with Gasteiger partial charge in [0.1, 0.15) is 18.5 Å². The number of likely N-dealkylation sites (N-methyl/N-ethyl adjacent to an activating group) is 2. The molecule has 6 rings (SSSR count). The van der Waals surface area contributed by atoms with E-state index in [0.29, 0.717) is 22.6 Å². The van der Waals surface area contributed by atoms with Gasteiger partial charge in [0.05, 0.1) is 22.7 Å². The first-order valence-electron chi connectivity index (χ1n) is 14.0. The van der Waals surface area contributed by atoms with Crippen molar-refractivity contribution in [1.29, 1.82) is 0 Å². The van der Waals surface area contributed by atoms with E-state index in [4.69, 9.17) is 4.74 Å². The molecule has 0 saturated heterocycles. The number of ether oxygens (including phenoxy) is 1. The van der Waals surface area contributed by atoms with Crippen molar-refractivity contribution in [2.45, 2.75) is 52.6 Å². The number of allylic oxidation sites excluding steroid dienone is 2. The monoisotopic (exact) mass is 598 g/mol. The van der Waals surface area contributed by atoms with E-state index in [1.165, 1.54) is 18.2 Å². The number of nitrogens with zero attached hydrogens (tertiary/aromatic N) is 2. The summed E-state index contributed by atoms with van der Waals surface area (Å²) in [6.45, 7) is 12.8. The van der Waals surface area contributed by atoms with Gasteiger partial charge in [0.15, 0.2) is 5.54 Å². The lowest BCUT2D eigenvalue weighted by Crippen LogP contribution is -3.00. The average molecular weight is 599 g/mol. The van der Waals surface area contributed by atoms with Crippen molar-refractivity contribution >= 4 is 34.3 Å². The fourth-order valence-corrected chi connectivity index (χ4v) is 6.54. The van der Waals surface area contributed by atoms with Crippen molar-refractivity contribution in [3.05, 3.63) is 98.6 Å². The summed E-state index contributed by atoms with van der Waals surface area (Å²) in [6.07, 6.45) is 4.43. The molecular formula is C35H35ClN2O5. The topological polar surface area (TPSA) is 90.1 Å². The number of carboxylic acid groups (broad SMARTS) is 2. The van der Waals surface area contributed by atoms with Gasteiger partial charge in [-0.05, 0) is 80.8 Å². The molecule has 0 aliphatic carbocycles. The number of carboxylic acids is 2. The molecule has 43 heavy (non-hydrogen) atoms. The second kappa shape index (κ2) is 9.85. The number of halogens is 1. The van der Waals surface area contributed by atoms with Gasteiger partial charge in [-0.15, -0.1) is 0 Å². The standard InChI is InChI=1S/C35H34N2O5.ClH/c1-18-16-34(3,4)36(7)27-14-29-25(12-22(18)27)31(24-11-20(32(38)39)9-10-21(24)33(40)41)26-13-23-19(2)17-35(5,6)37(8)28(23)15-30(26)42-29;/h9-17H,1-8H3,(H-,38,39,40,41);1H. The van der Waals surface area contributed by atoms with Crippen LogP contribution in [0.2, 0.25) is 0 Å². The number of anilines is 1. The minimum absolute atomic E-state index is 0. The van der Waals surface area contributed by atoms with Gasteiger partial charge in [0, 0.05) is 60.1 Å². The molecule has 3 aliphatic heterocycles. The molecule has 3 aliphatic rings. The Bertz CT molecular complexity index is 1970. The summed E-state index contributed by atoms with van der Waals surface area (Å²) in [5, 5.41) is 21.8. The van der Waals surface area contributed by atoms with Crippen molar-refractivity contribution in [3.8, 4) is 11.5 Å². The van der Waals surface area contributed by atoms with Crippen LogP contribution in [0.25, 0.3) is 16.7 Å². The fraction of sp³-hybridized carbons (Fsp3) is 0.286. The Balaban J connectivity index is 0.00000368. The highest BCUT2D eigenvalue weighted by atomic mass is 35.5. The Labute approximate surface area is 257 Å². The van der Waals surface area contributed by atoms with E-state index in [1.807, 2.05) is 12.1 Å². The molecule has 7 nitrogen and oxygen atoms in total. The Morgan fingerprint density at radius 1 is 0.814 bits per heavy atom. The maximum absolute atomic E-state index is 12.5. The summed E-state index contributed by atoms with van der Waals surface area (Å²) >= 11 is 0. The molecule has 3 aromatic carbocycles. The van der Waals surface area contributed by atoms with Gasteiger partial charge < -0.3 is 32.3 Å². The summed E-state index contributed by atoms with van der Waals surface area (Å²) in [5.74, 6) is -1.07. The Morgan fingerprint density at radius 2 is 1.49 bits per heavy atom. The third-order valence-electron chi connectivity index (χ3n) is 9.16. The zero-order chi connectivity index (χ0) is 30.5. The number of hydrogen-bond donors (Lipinski definition) is 2. The maximum Gasteiger partial charge on any atom is 0.336 e. The summed E-state index contributed by atoms with van der Waals surface area (Å²) < 4.78 is 8.87. The highest BCUT2D eigenvalue weighted by Crippen LogP contribution is 2.46. The van der Waals surface area contributed by atoms with Crippen molar-refractivity contribution in [2.24, 2.45) is 0 Å². The van der Waals surface area contributed by atoms with Crippen LogP contribution in [0.4, 0.5) is 5.69 Å². The molecular weight excluding hydrogens is 564 g/mol. The van der Waals surface area contributed by atoms with Gasteiger partial charge in [-0.1, -0.05) is 6.08 Å². The summed E-state index contributed by atoms with van der Waals surface area (Å²) in [5.41, 5.74) is 6.56. The highest BCUT2D eigenvalue weighted by Gasteiger charge is 2.35. The van der Waals surface area contributed by atoms with E-state index in [2.05, 4.69) is 89.4 Å². The van der Waals surface area contributed by atoms with Gasteiger partial charge >= 0.3 is 11.9 Å². The lowest BCUT2D eigenvalue weighted by molar-refractivity contribution is -0.0000397. The molecule has 3 aromatic rings. The van der Waals surface area contributed by atoms with Crippen molar-refractivity contribution in [1.82, 2.24) is 4.58 Å². The van der Waals surface area contributed by atoms with Crippen LogP contribution in [0.5, 0.6) is 11.5 Å². The van der Waals surface area contributed by atoms with Crippen LogP contribution < -0.4 is 37.2 Å². The van der Waals surface area contributed by atoms with Gasteiger partial charge in [-0.25, -0.2) is 14.2 Å². The molecule has 222 valence electrons. The number of rotatable bonds is 3. The molecule has 0 radical (unpaired) electrons. The van der Waals surface area contributed by atoms with Crippen LogP contribution in [0.3, 0.4) is 0 Å². The molecule has 0 aromatic heterocycles. The van der Waals surface area contributed by atoms with Gasteiger partial charge in [-0.3, -0.25) is 0 Å². The summed E-state index contributed by atoms with van der Waals surface area (Å²) in [6, 6.07) is 12.3. The van der Waals surface area contributed by atoms with Gasteiger partial charge in [0.2, 0.25) is 5.36 Å². The predicted octanol–water partition coefficient (Wildman–Crippen LogP) is 2.39. The third-order valence-corrected chi connectivity index (χ3v) is 9.16. The number of hydrogen-bond acceptors (Lipinski definition) is 4. The van der Waals surface area contributed by atoms with Crippen LogP contribution in [-0.2, 0) is 0 Å². The molecule has 0 amide bonds. The number of carbonyl (C=O) groups is 2. The van der Waals surface area contributed by atoms with Crippen molar-refractivity contribution in [3.63, 3.8) is 0 Å². The predicted molar refractivity (Wildman–Crippen MR) is 165 cm³/mol. The lowest BCUT2D eigenvalue weighted by Gasteiger charge is -2.41. The van der Waals surface area contributed by atoms with Gasteiger partial charge in [-0.2, -0.15) is 0 Å². The smallest absolute Gasteiger partial charge is 0.336 e. The maximum atomic E-state index is 12.5. The molecule has 3 heterocycles. The van der Waals surface area contributed by atoms with E-state index >= 15 is 0 Å². The van der Waals surface area contributed by atoms with Crippen LogP contribution in [-0.4, -0.2) is 47.3 Å². The van der Waals surface area contributed by atoms with E-state index < -0.39 is 11.9 Å². The summed E-state index contributed by atoms with van der Waals surface area (Å²) in [7, 11) is 4.11. The van der Waals surface area contributed by atoms with Crippen LogP contribution >= 0.6 is 0 Å². The van der Waals surface area contributed by atoms with E-state index in [9.17, 15) is 19.8 Å². The van der Waals surface area contributed by atoms with Crippen LogP contribution in [0.1, 0.15) is 84.5 Å². The number of aromatic carboxylic acids is 2. The lowest BCUT2D eigenvalue weighted by atomic mass is 9.83. The van der Waals surface area contributed by atoms with E-state index in [-0.39, 0.29) is 34.6 Å². The molecule has 0 fully saturated rings. The molecule has 0 spiro atoms. The first-order valence-corrected chi connectivity index (χ1v) is 14.0.